The molecule has 2 heterocycles. The van der Waals surface area contributed by atoms with Gasteiger partial charge in [0.05, 0.1) is 22.4 Å². The van der Waals surface area contributed by atoms with E-state index in [1.54, 1.807) is 0 Å². The Labute approximate surface area is 258 Å². The van der Waals surface area contributed by atoms with Gasteiger partial charge < -0.3 is 0 Å². The molecule has 0 spiro atoms. The molecule has 0 N–H and O–H groups in total. The lowest BCUT2D eigenvalue weighted by molar-refractivity contribution is 0.418. The van der Waals surface area contributed by atoms with Crippen LogP contribution in [0.1, 0.15) is 62.1 Å². The van der Waals surface area contributed by atoms with Crippen molar-refractivity contribution in [1.29, 1.82) is 0 Å². The molecule has 0 amide bonds. The summed E-state index contributed by atoms with van der Waals surface area (Å²) < 4.78 is 0. The van der Waals surface area contributed by atoms with Gasteiger partial charge in [-0.2, -0.15) is 0 Å². The highest BCUT2D eigenvalue weighted by Gasteiger charge is 2.43. The molecule has 44 heavy (non-hydrogen) atoms. The average Bonchev–Trinajstić information content (AvgIpc) is 3.43. The zero-order valence-corrected chi connectivity index (χ0v) is 25.6. The van der Waals surface area contributed by atoms with Gasteiger partial charge in [-0.05, 0) is 80.5 Å². The van der Waals surface area contributed by atoms with Crippen LogP contribution in [0.25, 0.3) is 55.3 Å². The quantitative estimate of drug-likeness (QED) is 0.195. The molecule has 9 rings (SSSR count). The van der Waals surface area contributed by atoms with E-state index in [4.69, 9.17) is 9.97 Å². The highest BCUT2D eigenvalue weighted by atomic mass is 14.8. The Balaban J connectivity index is 1.14. The third-order valence-electron chi connectivity index (χ3n) is 10.8. The van der Waals surface area contributed by atoms with Crippen LogP contribution in [0.5, 0.6) is 0 Å². The summed E-state index contributed by atoms with van der Waals surface area (Å²) in [6.07, 6.45) is 5.63. The number of hydrogen-bond acceptors (Lipinski definition) is 2. The first-order chi connectivity index (χ1) is 21.3. The van der Waals surface area contributed by atoms with Crippen molar-refractivity contribution in [3.8, 4) is 22.4 Å². The van der Waals surface area contributed by atoms with E-state index in [1.807, 2.05) is 0 Å². The summed E-state index contributed by atoms with van der Waals surface area (Å²) in [5.41, 5.74) is 16.2. The zero-order valence-electron chi connectivity index (χ0n) is 25.6. The smallest absolute Gasteiger partial charge is 0.0972 e. The topological polar surface area (TPSA) is 25.8 Å². The second-order valence-corrected chi connectivity index (χ2v) is 13.9. The van der Waals surface area contributed by atoms with Crippen LogP contribution in [-0.2, 0) is 10.8 Å². The Bertz CT molecular complexity index is 2260. The van der Waals surface area contributed by atoms with E-state index in [0.717, 1.165) is 45.2 Å². The van der Waals surface area contributed by atoms with Gasteiger partial charge in [0.15, 0.2) is 0 Å². The Morgan fingerprint density at radius 1 is 0.568 bits per heavy atom. The first kappa shape index (κ1) is 25.7. The molecule has 0 bridgehead atoms. The summed E-state index contributed by atoms with van der Waals surface area (Å²) in [6.45, 7) is 9.45. The molecule has 1 unspecified atom stereocenters. The van der Waals surface area contributed by atoms with Crippen LogP contribution in [0.15, 0.2) is 115 Å². The predicted octanol–water partition coefficient (Wildman–Crippen LogP) is 10.5. The zero-order chi connectivity index (χ0) is 29.8. The largest absolute Gasteiger partial charge is 0.246 e. The van der Waals surface area contributed by atoms with E-state index in [-0.39, 0.29) is 10.8 Å². The van der Waals surface area contributed by atoms with Crippen LogP contribution in [0, 0.1) is 5.92 Å². The number of allylic oxidation sites excluding steroid dienone is 4. The fourth-order valence-corrected chi connectivity index (χ4v) is 8.27. The van der Waals surface area contributed by atoms with Crippen molar-refractivity contribution in [2.75, 3.05) is 0 Å². The molecule has 3 aliphatic carbocycles. The lowest BCUT2D eigenvalue weighted by Gasteiger charge is -2.31. The number of hydrogen-bond donors (Lipinski definition) is 0. The standard InChI is InChI=1S/C42H34N2/c1-41(2)33-11-7-5-9-29(33)31-19-15-27(23-35(31)41)37-21-17-25-13-14-26-18-22-38(44-40(26)39(25)43-37)28-16-20-32-30-10-6-8-12-34(30)42(3,4)36(32)24-28/h5-23,36H,24H2,1-4H3. The van der Waals surface area contributed by atoms with Crippen molar-refractivity contribution >= 4 is 33.0 Å². The van der Waals surface area contributed by atoms with Crippen LogP contribution in [0.3, 0.4) is 0 Å². The van der Waals surface area contributed by atoms with Gasteiger partial charge in [0.2, 0.25) is 0 Å². The molecule has 2 heteroatoms. The van der Waals surface area contributed by atoms with Gasteiger partial charge in [-0.25, -0.2) is 9.97 Å². The van der Waals surface area contributed by atoms with Gasteiger partial charge >= 0.3 is 0 Å². The van der Waals surface area contributed by atoms with Crippen LogP contribution >= 0.6 is 0 Å². The second kappa shape index (κ2) is 8.86. The van der Waals surface area contributed by atoms with E-state index < -0.39 is 0 Å². The minimum Gasteiger partial charge on any atom is -0.246 e. The van der Waals surface area contributed by atoms with Crippen molar-refractivity contribution in [3.05, 3.63) is 143 Å². The Hall–Kier alpha value is -4.82. The first-order valence-electron chi connectivity index (χ1n) is 15.8. The SMILES string of the molecule is CC1(C)c2ccccc2-c2ccc(-c3ccc4ccc5ccc(C6=CC=C7c8ccccc8C(C)(C)C7C6)nc5c4n3)cc21. The van der Waals surface area contributed by atoms with Crippen LogP contribution in [0.4, 0.5) is 0 Å². The number of benzene rings is 4. The van der Waals surface area contributed by atoms with E-state index >= 15 is 0 Å². The molecule has 0 fully saturated rings. The summed E-state index contributed by atoms with van der Waals surface area (Å²) in [5, 5.41) is 2.24. The molecule has 0 radical (unpaired) electrons. The number of rotatable bonds is 2. The summed E-state index contributed by atoms with van der Waals surface area (Å²) in [6, 6.07) is 37.7. The van der Waals surface area contributed by atoms with E-state index in [0.29, 0.717) is 5.92 Å². The molecule has 2 nitrogen and oxygen atoms in total. The molecular formula is C42H34N2. The van der Waals surface area contributed by atoms with Gasteiger partial charge in [-0.1, -0.05) is 125 Å². The third kappa shape index (κ3) is 3.48. The Kier molecular flexibility index (Phi) is 5.17. The lowest BCUT2D eigenvalue weighted by atomic mass is 9.72. The highest BCUT2D eigenvalue weighted by Crippen LogP contribution is 2.54. The summed E-state index contributed by atoms with van der Waals surface area (Å²) in [7, 11) is 0. The fourth-order valence-electron chi connectivity index (χ4n) is 8.27. The molecule has 2 aromatic heterocycles. The molecule has 0 aliphatic heterocycles. The van der Waals surface area contributed by atoms with Crippen molar-refractivity contribution in [2.45, 2.75) is 44.9 Å². The van der Waals surface area contributed by atoms with Crippen molar-refractivity contribution in [2.24, 2.45) is 5.92 Å². The molecule has 1 atom stereocenters. The maximum absolute atomic E-state index is 5.32. The normalized spacial score (nSPS) is 18.8. The minimum atomic E-state index is -0.0424. The number of pyridine rings is 2. The molecule has 0 saturated carbocycles. The van der Waals surface area contributed by atoms with Gasteiger partial charge in [-0.15, -0.1) is 0 Å². The Morgan fingerprint density at radius 2 is 1.18 bits per heavy atom. The summed E-state index contributed by atoms with van der Waals surface area (Å²) >= 11 is 0. The molecule has 3 aliphatic rings. The van der Waals surface area contributed by atoms with Crippen molar-refractivity contribution in [3.63, 3.8) is 0 Å². The van der Waals surface area contributed by atoms with Crippen molar-refractivity contribution < 1.29 is 0 Å². The lowest BCUT2D eigenvalue weighted by Crippen LogP contribution is -2.25. The van der Waals surface area contributed by atoms with Crippen LogP contribution in [0.2, 0.25) is 0 Å². The van der Waals surface area contributed by atoms with Gasteiger partial charge in [0.25, 0.3) is 0 Å². The second-order valence-electron chi connectivity index (χ2n) is 13.9. The average molecular weight is 567 g/mol. The Morgan fingerprint density at radius 3 is 1.95 bits per heavy atom. The minimum absolute atomic E-state index is 0.0424. The maximum atomic E-state index is 5.32. The molecule has 4 aromatic carbocycles. The highest BCUT2D eigenvalue weighted by molar-refractivity contribution is 6.04. The molecular weight excluding hydrogens is 532 g/mol. The monoisotopic (exact) mass is 566 g/mol. The summed E-state index contributed by atoms with van der Waals surface area (Å²) in [4.78, 5) is 10.6. The summed E-state index contributed by atoms with van der Waals surface area (Å²) in [5.74, 6) is 0.449. The van der Waals surface area contributed by atoms with Gasteiger partial charge in [0.1, 0.15) is 0 Å². The number of nitrogens with zero attached hydrogens (tertiary/aromatic N) is 2. The fraction of sp³-hybridized carbons (Fsp3) is 0.190. The third-order valence-corrected chi connectivity index (χ3v) is 10.8. The molecule has 212 valence electrons. The van der Waals surface area contributed by atoms with Crippen LogP contribution in [-0.4, -0.2) is 9.97 Å². The van der Waals surface area contributed by atoms with E-state index in [9.17, 15) is 0 Å². The van der Waals surface area contributed by atoms with Crippen LogP contribution < -0.4 is 0 Å². The number of fused-ring (bicyclic) bond motifs is 9. The van der Waals surface area contributed by atoms with E-state index in [2.05, 4.69) is 143 Å². The van der Waals surface area contributed by atoms with Gasteiger partial charge in [0, 0.05) is 21.8 Å². The first-order valence-corrected chi connectivity index (χ1v) is 15.8. The molecule has 6 aromatic rings. The predicted molar refractivity (Wildman–Crippen MR) is 184 cm³/mol. The maximum Gasteiger partial charge on any atom is 0.0972 e. The molecule has 0 saturated heterocycles. The van der Waals surface area contributed by atoms with Crippen molar-refractivity contribution in [1.82, 2.24) is 9.97 Å². The van der Waals surface area contributed by atoms with Gasteiger partial charge in [-0.3, -0.25) is 0 Å². The van der Waals surface area contributed by atoms with E-state index in [1.165, 1.54) is 44.5 Å². The number of aromatic nitrogens is 2.